The molecule has 1 atom stereocenters. The lowest BCUT2D eigenvalue weighted by Crippen LogP contribution is -2.35. The topological polar surface area (TPSA) is 85.1 Å². The molecule has 0 radical (unpaired) electrons. The first kappa shape index (κ1) is 17.2. The number of nitro groups is 1. The lowest BCUT2D eigenvalue weighted by Gasteiger charge is -2.22. The molecule has 0 aliphatic carbocycles. The van der Waals surface area contributed by atoms with Crippen LogP contribution in [0.25, 0.3) is 0 Å². The Morgan fingerprint density at radius 2 is 2.00 bits per heavy atom. The fourth-order valence-corrected chi connectivity index (χ4v) is 1.91. The average molecular weight is 298 g/mol. The Kier molecular flexibility index (Phi) is 6.90. The summed E-state index contributed by atoms with van der Waals surface area (Å²) in [6.45, 7) is 6.25. The molecular weight excluding hydrogens is 276 g/mol. The molecule has 0 saturated carbocycles. The number of methoxy groups -OCH3 is 1. The van der Waals surface area contributed by atoms with Crippen molar-refractivity contribution in [3.05, 3.63) is 28.3 Å². The molecule has 1 aromatic rings. The largest absolute Gasteiger partial charge is 0.493 e. The number of non-ortho nitro benzene ring substituents is 1. The lowest BCUT2D eigenvalue weighted by atomic mass is 10.2. The van der Waals surface area contributed by atoms with Crippen molar-refractivity contribution in [3.63, 3.8) is 0 Å². The quantitative estimate of drug-likeness (QED) is 0.551. The van der Waals surface area contributed by atoms with Gasteiger partial charge in [-0.25, -0.2) is 0 Å². The van der Waals surface area contributed by atoms with Crippen molar-refractivity contribution >= 4 is 5.69 Å². The summed E-state index contributed by atoms with van der Waals surface area (Å²) in [5, 5.41) is 20.7. The van der Waals surface area contributed by atoms with E-state index in [0.29, 0.717) is 12.3 Å². The van der Waals surface area contributed by atoms with E-state index in [-0.39, 0.29) is 18.0 Å². The molecule has 0 heterocycles. The van der Waals surface area contributed by atoms with E-state index in [0.717, 1.165) is 13.1 Å². The molecule has 0 fully saturated rings. The van der Waals surface area contributed by atoms with Crippen molar-refractivity contribution in [2.24, 2.45) is 0 Å². The van der Waals surface area contributed by atoms with Gasteiger partial charge in [0.05, 0.1) is 18.1 Å². The van der Waals surface area contributed by atoms with E-state index in [4.69, 9.17) is 9.47 Å². The van der Waals surface area contributed by atoms with Gasteiger partial charge in [-0.05, 0) is 19.2 Å². The number of hydrogen-bond donors (Lipinski definition) is 1. The predicted molar refractivity (Wildman–Crippen MR) is 78.9 cm³/mol. The molecule has 0 spiro atoms. The highest BCUT2D eigenvalue weighted by atomic mass is 16.6. The van der Waals surface area contributed by atoms with Crippen LogP contribution in [0.1, 0.15) is 13.8 Å². The molecular formula is C14H22N2O5. The summed E-state index contributed by atoms with van der Waals surface area (Å²) >= 11 is 0. The van der Waals surface area contributed by atoms with Gasteiger partial charge in [-0.3, -0.25) is 10.1 Å². The van der Waals surface area contributed by atoms with Gasteiger partial charge in [0.2, 0.25) is 0 Å². The number of rotatable bonds is 9. The number of likely N-dealkylation sites (N-methyl/N-ethyl adjacent to an activating group) is 1. The normalized spacial score (nSPS) is 12.2. The van der Waals surface area contributed by atoms with E-state index in [2.05, 4.69) is 4.90 Å². The summed E-state index contributed by atoms with van der Waals surface area (Å²) in [7, 11) is 1.46. The zero-order valence-electron chi connectivity index (χ0n) is 12.6. The number of nitrogens with zero attached hydrogens (tertiary/aromatic N) is 2. The van der Waals surface area contributed by atoms with Gasteiger partial charge in [0, 0.05) is 12.6 Å². The fourth-order valence-electron chi connectivity index (χ4n) is 1.91. The molecule has 0 saturated heterocycles. The molecule has 118 valence electrons. The molecule has 7 nitrogen and oxygen atoms in total. The first-order valence-electron chi connectivity index (χ1n) is 6.87. The van der Waals surface area contributed by atoms with Crippen molar-refractivity contribution in [1.29, 1.82) is 0 Å². The average Bonchev–Trinajstić information content (AvgIpc) is 2.50. The van der Waals surface area contributed by atoms with Gasteiger partial charge < -0.3 is 19.5 Å². The van der Waals surface area contributed by atoms with Gasteiger partial charge in [0.1, 0.15) is 12.7 Å². The molecule has 1 rings (SSSR count). The summed E-state index contributed by atoms with van der Waals surface area (Å²) < 4.78 is 10.6. The molecule has 0 aromatic heterocycles. The maximum atomic E-state index is 10.8. The summed E-state index contributed by atoms with van der Waals surface area (Å²) in [4.78, 5) is 12.3. The van der Waals surface area contributed by atoms with Crippen LogP contribution in [0, 0.1) is 10.1 Å². The van der Waals surface area contributed by atoms with Crippen LogP contribution < -0.4 is 9.47 Å². The van der Waals surface area contributed by atoms with E-state index >= 15 is 0 Å². The van der Waals surface area contributed by atoms with Gasteiger partial charge in [-0.15, -0.1) is 0 Å². The second-order valence-corrected chi connectivity index (χ2v) is 4.54. The standard InChI is InChI=1S/C14H22N2O5/c1-4-15(5-2)9-12(17)10-21-14-8-11(16(18)19)6-7-13(14)20-3/h6-8,12,17H,4-5,9-10H2,1-3H3/t12-/m0/s1. The minimum Gasteiger partial charge on any atom is -0.493 e. The Morgan fingerprint density at radius 3 is 2.52 bits per heavy atom. The van der Waals surface area contributed by atoms with Gasteiger partial charge in [-0.2, -0.15) is 0 Å². The molecule has 0 bridgehead atoms. The highest BCUT2D eigenvalue weighted by Gasteiger charge is 2.15. The van der Waals surface area contributed by atoms with Crippen LogP contribution >= 0.6 is 0 Å². The zero-order valence-corrected chi connectivity index (χ0v) is 12.6. The Morgan fingerprint density at radius 1 is 1.33 bits per heavy atom. The number of nitro benzene ring substituents is 1. The summed E-state index contributed by atoms with van der Waals surface area (Å²) in [6, 6.07) is 4.12. The molecule has 21 heavy (non-hydrogen) atoms. The Bertz CT molecular complexity index is 463. The highest BCUT2D eigenvalue weighted by molar-refractivity contribution is 5.48. The Hall–Kier alpha value is -1.86. The smallest absolute Gasteiger partial charge is 0.273 e. The highest BCUT2D eigenvalue weighted by Crippen LogP contribution is 2.31. The second-order valence-electron chi connectivity index (χ2n) is 4.54. The second kappa shape index (κ2) is 8.43. The molecule has 0 aliphatic rings. The number of benzene rings is 1. The van der Waals surface area contributed by atoms with E-state index in [9.17, 15) is 15.2 Å². The third kappa shape index (κ3) is 5.20. The number of aliphatic hydroxyl groups excluding tert-OH is 1. The van der Waals surface area contributed by atoms with Crippen LogP contribution in [0.15, 0.2) is 18.2 Å². The molecule has 7 heteroatoms. The van der Waals surface area contributed by atoms with Crippen molar-refractivity contribution in [1.82, 2.24) is 4.90 Å². The van der Waals surface area contributed by atoms with Crippen LogP contribution in [0.4, 0.5) is 5.69 Å². The van der Waals surface area contributed by atoms with Gasteiger partial charge in [-0.1, -0.05) is 13.8 Å². The fraction of sp³-hybridized carbons (Fsp3) is 0.571. The van der Waals surface area contributed by atoms with E-state index < -0.39 is 11.0 Å². The number of hydrogen-bond acceptors (Lipinski definition) is 6. The SMILES string of the molecule is CCN(CC)C[C@H](O)COc1cc([N+](=O)[O-])ccc1OC. The Balaban J connectivity index is 2.68. The van der Waals surface area contributed by atoms with E-state index in [1.54, 1.807) is 0 Å². The first-order valence-corrected chi connectivity index (χ1v) is 6.87. The molecule has 0 unspecified atom stereocenters. The van der Waals surface area contributed by atoms with Crippen LogP contribution in [-0.4, -0.2) is 54.4 Å². The third-order valence-electron chi connectivity index (χ3n) is 3.15. The van der Waals surface area contributed by atoms with Gasteiger partial charge in [0.25, 0.3) is 5.69 Å². The van der Waals surface area contributed by atoms with Crippen LogP contribution in [-0.2, 0) is 0 Å². The van der Waals surface area contributed by atoms with Crippen LogP contribution in [0.2, 0.25) is 0 Å². The van der Waals surface area contributed by atoms with E-state index in [1.165, 1.54) is 25.3 Å². The molecule has 0 aliphatic heterocycles. The van der Waals surface area contributed by atoms with Gasteiger partial charge >= 0.3 is 0 Å². The van der Waals surface area contributed by atoms with Crippen molar-refractivity contribution in [3.8, 4) is 11.5 Å². The first-order chi connectivity index (χ1) is 10.0. The number of aliphatic hydroxyl groups is 1. The minimum atomic E-state index is -0.672. The lowest BCUT2D eigenvalue weighted by molar-refractivity contribution is -0.385. The molecule has 1 N–H and O–H groups in total. The maximum absolute atomic E-state index is 10.8. The molecule has 0 amide bonds. The summed E-state index contributed by atoms with van der Waals surface area (Å²) in [6.07, 6.45) is -0.672. The third-order valence-corrected chi connectivity index (χ3v) is 3.15. The van der Waals surface area contributed by atoms with Crippen LogP contribution in [0.3, 0.4) is 0 Å². The molecule has 1 aromatic carbocycles. The maximum Gasteiger partial charge on any atom is 0.273 e. The Labute approximate surface area is 124 Å². The zero-order chi connectivity index (χ0) is 15.8. The van der Waals surface area contributed by atoms with Gasteiger partial charge in [0.15, 0.2) is 11.5 Å². The minimum absolute atomic E-state index is 0.0496. The summed E-state index contributed by atoms with van der Waals surface area (Å²) in [5.41, 5.74) is -0.0796. The summed E-state index contributed by atoms with van der Waals surface area (Å²) in [5.74, 6) is 0.654. The predicted octanol–water partition coefficient (Wildman–Crippen LogP) is 1.68. The van der Waals surface area contributed by atoms with Crippen molar-refractivity contribution in [2.45, 2.75) is 20.0 Å². The van der Waals surface area contributed by atoms with Crippen molar-refractivity contribution in [2.75, 3.05) is 33.4 Å². The number of ether oxygens (including phenoxy) is 2. The van der Waals surface area contributed by atoms with E-state index in [1.807, 2.05) is 13.8 Å². The van der Waals surface area contributed by atoms with Crippen molar-refractivity contribution < 1.29 is 19.5 Å². The van der Waals surface area contributed by atoms with Crippen LogP contribution in [0.5, 0.6) is 11.5 Å². The monoisotopic (exact) mass is 298 g/mol.